The molecule has 1 aliphatic heterocycles. The molecule has 1 fully saturated rings. The number of aryl methyl sites for hydroxylation is 1. The van der Waals surface area contributed by atoms with Gasteiger partial charge in [0.25, 0.3) is 0 Å². The fourth-order valence-corrected chi connectivity index (χ4v) is 4.09. The van der Waals surface area contributed by atoms with Gasteiger partial charge >= 0.3 is 5.97 Å². The van der Waals surface area contributed by atoms with Crippen molar-refractivity contribution in [2.24, 2.45) is 5.92 Å². The lowest BCUT2D eigenvalue weighted by Crippen LogP contribution is -2.47. The van der Waals surface area contributed by atoms with Gasteiger partial charge in [-0.05, 0) is 25.0 Å². The second-order valence-corrected chi connectivity index (χ2v) is 7.69. The number of hydrazine groups is 1. The van der Waals surface area contributed by atoms with E-state index in [9.17, 15) is 13.2 Å². The zero-order chi connectivity index (χ0) is 17.0. The highest BCUT2D eigenvalue weighted by atomic mass is 32.2. The van der Waals surface area contributed by atoms with Crippen LogP contribution in [0.1, 0.15) is 18.1 Å². The van der Waals surface area contributed by atoms with E-state index in [4.69, 9.17) is 4.74 Å². The van der Waals surface area contributed by atoms with Crippen LogP contribution in [0.5, 0.6) is 0 Å². The number of carbonyl (C=O) groups is 1. The number of benzene rings is 1. The predicted molar refractivity (Wildman–Crippen MR) is 86.6 cm³/mol. The molecule has 0 aliphatic carbocycles. The molecule has 128 valence electrons. The monoisotopic (exact) mass is 341 g/mol. The van der Waals surface area contributed by atoms with Crippen molar-refractivity contribution in [1.29, 1.82) is 0 Å². The summed E-state index contributed by atoms with van der Waals surface area (Å²) < 4.78 is 31.8. The summed E-state index contributed by atoms with van der Waals surface area (Å²) in [7, 11) is -2.19. The summed E-state index contributed by atoms with van der Waals surface area (Å²) >= 11 is 0. The lowest BCUT2D eigenvalue weighted by Gasteiger charge is -2.24. The molecule has 2 unspecified atom stereocenters. The average molecular weight is 341 g/mol. The summed E-state index contributed by atoms with van der Waals surface area (Å²) in [6.45, 7) is 4.33. The molecule has 0 saturated carbocycles. The SMILES string of the molecule is CCOC(=O)C1CNNC1S(=O)(=O)N(C)Cc1ccccc1C. The minimum atomic E-state index is -3.71. The Bertz CT molecular complexity index is 662. The smallest absolute Gasteiger partial charge is 0.313 e. The lowest BCUT2D eigenvalue weighted by atomic mass is 10.1. The van der Waals surface area contributed by atoms with Crippen molar-refractivity contribution in [3.8, 4) is 0 Å². The first-order chi connectivity index (χ1) is 10.9. The Morgan fingerprint density at radius 3 is 2.74 bits per heavy atom. The van der Waals surface area contributed by atoms with Crippen LogP contribution in [-0.2, 0) is 26.1 Å². The number of hydrogen-bond donors (Lipinski definition) is 2. The van der Waals surface area contributed by atoms with E-state index >= 15 is 0 Å². The second kappa shape index (κ2) is 7.39. The average Bonchev–Trinajstić information content (AvgIpc) is 3.00. The van der Waals surface area contributed by atoms with Crippen LogP contribution in [0.3, 0.4) is 0 Å². The summed E-state index contributed by atoms with van der Waals surface area (Å²) in [5.74, 6) is -1.28. The minimum Gasteiger partial charge on any atom is -0.466 e. The van der Waals surface area contributed by atoms with Gasteiger partial charge in [-0.25, -0.2) is 13.8 Å². The van der Waals surface area contributed by atoms with Crippen LogP contribution in [0.4, 0.5) is 0 Å². The van der Waals surface area contributed by atoms with Crippen LogP contribution in [0.25, 0.3) is 0 Å². The number of nitrogens with zero attached hydrogens (tertiary/aromatic N) is 1. The standard InChI is InChI=1S/C15H23N3O4S/c1-4-22-15(19)13-9-16-17-14(13)23(20,21)18(3)10-12-8-6-5-7-11(12)2/h5-8,13-14,16-17H,4,9-10H2,1-3H3. The Labute approximate surface area is 137 Å². The molecular formula is C15H23N3O4S. The van der Waals surface area contributed by atoms with Gasteiger partial charge in [0.1, 0.15) is 5.92 Å². The molecule has 23 heavy (non-hydrogen) atoms. The van der Waals surface area contributed by atoms with Crippen molar-refractivity contribution in [1.82, 2.24) is 15.2 Å². The summed E-state index contributed by atoms with van der Waals surface area (Å²) in [6, 6.07) is 7.61. The van der Waals surface area contributed by atoms with Gasteiger partial charge in [-0.2, -0.15) is 4.31 Å². The Balaban J connectivity index is 2.16. The molecule has 1 saturated heterocycles. The Morgan fingerprint density at radius 2 is 2.09 bits per heavy atom. The van der Waals surface area contributed by atoms with E-state index in [1.54, 1.807) is 6.92 Å². The third-order valence-electron chi connectivity index (χ3n) is 3.93. The third-order valence-corrected chi connectivity index (χ3v) is 6.02. The molecule has 1 aliphatic rings. The molecule has 7 nitrogen and oxygen atoms in total. The van der Waals surface area contributed by atoms with Gasteiger partial charge in [0.2, 0.25) is 10.0 Å². The van der Waals surface area contributed by atoms with E-state index in [0.29, 0.717) is 0 Å². The van der Waals surface area contributed by atoms with Crippen molar-refractivity contribution in [2.45, 2.75) is 25.8 Å². The molecule has 0 aromatic heterocycles. The number of ether oxygens (including phenoxy) is 1. The molecule has 2 atom stereocenters. The fraction of sp³-hybridized carbons (Fsp3) is 0.533. The maximum atomic E-state index is 12.8. The molecule has 0 bridgehead atoms. The topological polar surface area (TPSA) is 87.7 Å². The molecule has 0 spiro atoms. The van der Waals surface area contributed by atoms with E-state index in [2.05, 4.69) is 10.9 Å². The molecule has 8 heteroatoms. The molecule has 2 N–H and O–H groups in total. The van der Waals surface area contributed by atoms with Crippen LogP contribution in [0.2, 0.25) is 0 Å². The van der Waals surface area contributed by atoms with Gasteiger partial charge in [-0.15, -0.1) is 0 Å². The van der Waals surface area contributed by atoms with Crippen molar-refractivity contribution in [3.63, 3.8) is 0 Å². The highest BCUT2D eigenvalue weighted by Gasteiger charge is 2.44. The van der Waals surface area contributed by atoms with Crippen LogP contribution in [0.15, 0.2) is 24.3 Å². The quantitative estimate of drug-likeness (QED) is 0.727. The highest BCUT2D eigenvalue weighted by molar-refractivity contribution is 7.89. The second-order valence-electron chi connectivity index (χ2n) is 5.53. The maximum absolute atomic E-state index is 12.8. The Hall–Kier alpha value is -1.48. The molecule has 1 heterocycles. The van der Waals surface area contributed by atoms with Crippen molar-refractivity contribution < 1.29 is 17.9 Å². The van der Waals surface area contributed by atoms with Gasteiger partial charge < -0.3 is 4.74 Å². The number of carbonyl (C=O) groups excluding carboxylic acids is 1. The minimum absolute atomic E-state index is 0.223. The maximum Gasteiger partial charge on any atom is 0.313 e. The highest BCUT2D eigenvalue weighted by Crippen LogP contribution is 2.21. The first kappa shape index (κ1) is 17.9. The molecule has 0 amide bonds. The van der Waals surface area contributed by atoms with Crippen molar-refractivity contribution in [2.75, 3.05) is 20.2 Å². The van der Waals surface area contributed by atoms with Gasteiger partial charge in [-0.3, -0.25) is 10.2 Å². The zero-order valence-corrected chi connectivity index (χ0v) is 14.4. The molecule has 1 aromatic carbocycles. The fourth-order valence-electron chi connectivity index (χ4n) is 2.53. The van der Waals surface area contributed by atoms with Crippen LogP contribution in [0, 0.1) is 12.8 Å². The van der Waals surface area contributed by atoms with E-state index < -0.39 is 27.3 Å². The molecular weight excluding hydrogens is 318 g/mol. The summed E-state index contributed by atoms with van der Waals surface area (Å²) in [4.78, 5) is 12.0. The molecule has 2 rings (SSSR count). The molecule has 1 aromatic rings. The zero-order valence-electron chi connectivity index (χ0n) is 13.6. The number of esters is 1. The van der Waals surface area contributed by atoms with Crippen LogP contribution in [-0.4, -0.2) is 44.3 Å². The van der Waals surface area contributed by atoms with Crippen LogP contribution >= 0.6 is 0 Å². The van der Waals surface area contributed by atoms with E-state index in [1.807, 2.05) is 31.2 Å². The summed E-state index contributed by atoms with van der Waals surface area (Å²) in [5, 5.41) is -1.03. The van der Waals surface area contributed by atoms with Crippen molar-refractivity contribution in [3.05, 3.63) is 35.4 Å². The number of nitrogens with one attached hydrogen (secondary N) is 2. The normalized spacial score (nSPS) is 21.6. The van der Waals surface area contributed by atoms with Gasteiger partial charge in [0.15, 0.2) is 5.37 Å². The predicted octanol–water partition coefficient (Wildman–Crippen LogP) is 0.370. The van der Waals surface area contributed by atoms with E-state index in [-0.39, 0.29) is 19.7 Å². The first-order valence-corrected chi connectivity index (χ1v) is 9.03. The largest absolute Gasteiger partial charge is 0.466 e. The Kier molecular flexibility index (Phi) is 5.74. The number of rotatable bonds is 6. The number of sulfonamides is 1. The Morgan fingerprint density at radius 1 is 1.39 bits per heavy atom. The number of hydrogen-bond acceptors (Lipinski definition) is 6. The summed E-state index contributed by atoms with van der Waals surface area (Å²) in [6.07, 6.45) is 0. The van der Waals surface area contributed by atoms with E-state index in [0.717, 1.165) is 11.1 Å². The van der Waals surface area contributed by atoms with Gasteiger partial charge in [0.05, 0.1) is 6.61 Å². The lowest BCUT2D eigenvalue weighted by molar-refractivity contribution is -0.147. The summed E-state index contributed by atoms with van der Waals surface area (Å²) in [5.41, 5.74) is 7.38. The first-order valence-electron chi connectivity index (χ1n) is 7.52. The third kappa shape index (κ3) is 3.89. The molecule has 0 radical (unpaired) electrons. The van der Waals surface area contributed by atoms with Crippen LogP contribution < -0.4 is 10.9 Å². The van der Waals surface area contributed by atoms with E-state index in [1.165, 1.54) is 11.4 Å². The van der Waals surface area contributed by atoms with Gasteiger partial charge in [0, 0.05) is 20.1 Å². The van der Waals surface area contributed by atoms with Crippen molar-refractivity contribution >= 4 is 16.0 Å². The van der Waals surface area contributed by atoms with Gasteiger partial charge in [-0.1, -0.05) is 24.3 Å².